The molecule has 3 nitrogen and oxygen atoms in total. The quantitative estimate of drug-likeness (QED) is 0.617. The Morgan fingerprint density at radius 2 is 1.90 bits per heavy atom. The molecule has 21 heavy (non-hydrogen) atoms. The van der Waals surface area contributed by atoms with Gasteiger partial charge in [0.15, 0.2) is 5.78 Å². The summed E-state index contributed by atoms with van der Waals surface area (Å²) in [4.78, 5) is 12.2. The first-order valence-corrected chi connectivity index (χ1v) is 7.23. The Balaban J connectivity index is 2.04. The molecule has 1 N–H and O–H groups in total. The van der Waals surface area contributed by atoms with Crippen molar-refractivity contribution >= 4 is 5.78 Å². The summed E-state index contributed by atoms with van der Waals surface area (Å²) in [6.07, 6.45) is 2.31. The minimum Gasteiger partial charge on any atom is -0.507 e. The van der Waals surface area contributed by atoms with E-state index in [4.69, 9.17) is 4.74 Å². The Kier molecular flexibility index (Phi) is 5.38. The van der Waals surface area contributed by atoms with Crippen LogP contribution in [0.15, 0.2) is 48.5 Å². The van der Waals surface area contributed by atoms with Crippen molar-refractivity contribution in [2.45, 2.75) is 26.2 Å². The lowest BCUT2D eigenvalue weighted by Gasteiger charge is -2.08. The molecule has 110 valence electrons. The highest BCUT2D eigenvalue weighted by molar-refractivity contribution is 6.00. The van der Waals surface area contributed by atoms with E-state index >= 15 is 0 Å². The van der Waals surface area contributed by atoms with Gasteiger partial charge in [-0.2, -0.15) is 0 Å². The first-order valence-electron chi connectivity index (χ1n) is 7.23. The van der Waals surface area contributed by atoms with Crippen LogP contribution in [0, 0.1) is 0 Å². The number of unbranched alkanes of at least 4 members (excludes halogenated alkanes) is 1. The van der Waals surface area contributed by atoms with Gasteiger partial charge >= 0.3 is 0 Å². The Bertz CT molecular complexity index is 591. The molecular weight excluding hydrogens is 264 g/mol. The van der Waals surface area contributed by atoms with Crippen LogP contribution in [0.5, 0.6) is 11.5 Å². The van der Waals surface area contributed by atoms with Crippen molar-refractivity contribution in [3.8, 4) is 11.5 Å². The maximum absolute atomic E-state index is 12.2. The number of hydrogen-bond donors (Lipinski definition) is 1. The summed E-state index contributed by atoms with van der Waals surface area (Å²) in [6.45, 7) is 2.71. The zero-order chi connectivity index (χ0) is 15.1. The fraction of sp³-hybridized carbons (Fsp3) is 0.278. The van der Waals surface area contributed by atoms with Gasteiger partial charge < -0.3 is 9.84 Å². The molecule has 0 bridgehead atoms. The molecule has 0 amide bonds. The predicted octanol–water partition coefficient (Wildman–Crippen LogP) is 4.00. The summed E-state index contributed by atoms with van der Waals surface area (Å²) in [5.41, 5.74) is 1.27. The van der Waals surface area contributed by atoms with Gasteiger partial charge in [-0.15, -0.1) is 0 Å². The summed E-state index contributed by atoms with van der Waals surface area (Å²) in [7, 11) is 0. The van der Waals surface area contributed by atoms with Crippen LogP contribution in [0.2, 0.25) is 0 Å². The van der Waals surface area contributed by atoms with Gasteiger partial charge in [-0.3, -0.25) is 4.79 Å². The standard InChI is InChI=1S/C18H20O3/c1-2-3-11-21-15-9-10-16(18(20)13-15)17(19)12-14-7-5-4-6-8-14/h4-10,13,20H,2-3,11-12H2,1H3. The molecule has 2 aromatic carbocycles. The van der Waals surface area contributed by atoms with Crippen LogP contribution in [-0.4, -0.2) is 17.5 Å². The first kappa shape index (κ1) is 15.1. The smallest absolute Gasteiger partial charge is 0.170 e. The minimum absolute atomic E-state index is 0.0232. The van der Waals surface area contributed by atoms with E-state index in [9.17, 15) is 9.90 Å². The van der Waals surface area contributed by atoms with Crippen molar-refractivity contribution in [1.29, 1.82) is 0 Å². The Hall–Kier alpha value is -2.29. The zero-order valence-electron chi connectivity index (χ0n) is 12.2. The lowest BCUT2D eigenvalue weighted by Crippen LogP contribution is -2.04. The average Bonchev–Trinajstić information content (AvgIpc) is 2.48. The topological polar surface area (TPSA) is 46.5 Å². The maximum atomic E-state index is 12.2. The second-order valence-corrected chi connectivity index (χ2v) is 4.97. The van der Waals surface area contributed by atoms with E-state index in [0.717, 1.165) is 18.4 Å². The molecule has 0 aliphatic rings. The number of aromatic hydroxyl groups is 1. The molecule has 0 aliphatic carbocycles. The van der Waals surface area contributed by atoms with Crippen molar-refractivity contribution in [3.63, 3.8) is 0 Å². The second-order valence-electron chi connectivity index (χ2n) is 4.97. The third kappa shape index (κ3) is 4.35. The largest absolute Gasteiger partial charge is 0.507 e. The molecule has 0 saturated carbocycles. The first-order chi connectivity index (χ1) is 10.2. The fourth-order valence-electron chi connectivity index (χ4n) is 2.05. The van der Waals surface area contributed by atoms with Crippen LogP contribution in [0.1, 0.15) is 35.7 Å². The number of phenols is 1. The van der Waals surface area contributed by atoms with E-state index in [2.05, 4.69) is 6.92 Å². The van der Waals surface area contributed by atoms with E-state index in [1.165, 1.54) is 6.07 Å². The number of phenolic OH excluding ortho intramolecular Hbond substituents is 1. The van der Waals surface area contributed by atoms with Crippen LogP contribution in [0.4, 0.5) is 0 Å². The molecule has 0 saturated heterocycles. The van der Waals surface area contributed by atoms with Crippen molar-refractivity contribution in [2.24, 2.45) is 0 Å². The van der Waals surface area contributed by atoms with Gasteiger partial charge in [-0.05, 0) is 24.1 Å². The SMILES string of the molecule is CCCCOc1ccc(C(=O)Cc2ccccc2)c(O)c1. The molecule has 0 aromatic heterocycles. The number of rotatable bonds is 7. The molecular formula is C18H20O3. The van der Waals surface area contributed by atoms with Crippen molar-refractivity contribution < 1.29 is 14.6 Å². The molecule has 3 heteroatoms. The van der Waals surface area contributed by atoms with Gasteiger partial charge in [0.05, 0.1) is 12.2 Å². The van der Waals surface area contributed by atoms with Crippen LogP contribution in [0.3, 0.4) is 0 Å². The zero-order valence-corrected chi connectivity index (χ0v) is 12.2. The maximum Gasteiger partial charge on any atom is 0.170 e. The highest BCUT2D eigenvalue weighted by atomic mass is 16.5. The summed E-state index contributed by atoms with van der Waals surface area (Å²) in [5.74, 6) is 0.473. The molecule has 0 aliphatic heterocycles. The van der Waals surface area contributed by atoms with Crippen LogP contribution in [0.25, 0.3) is 0 Å². The highest BCUT2D eigenvalue weighted by Crippen LogP contribution is 2.25. The Labute approximate surface area is 125 Å². The molecule has 2 rings (SSSR count). The van der Waals surface area contributed by atoms with Crippen molar-refractivity contribution in [3.05, 3.63) is 59.7 Å². The second kappa shape index (κ2) is 7.48. The van der Waals surface area contributed by atoms with Gasteiger partial charge in [0.25, 0.3) is 0 Å². The van der Waals surface area contributed by atoms with E-state index in [1.807, 2.05) is 30.3 Å². The lowest BCUT2D eigenvalue weighted by molar-refractivity contribution is 0.0990. The number of Topliss-reactive ketones (excluding diaryl/α,β-unsaturated/α-hetero) is 1. The predicted molar refractivity (Wildman–Crippen MR) is 83.0 cm³/mol. The molecule has 0 unspecified atom stereocenters. The summed E-state index contributed by atoms with van der Waals surface area (Å²) in [6, 6.07) is 14.4. The number of hydrogen-bond acceptors (Lipinski definition) is 3. The van der Waals surface area contributed by atoms with Crippen LogP contribution >= 0.6 is 0 Å². The Morgan fingerprint density at radius 3 is 2.57 bits per heavy atom. The lowest BCUT2D eigenvalue weighted by atomic mass is 10.0. The van der Waals surface area contributed by atoms with Crippen molar-refractivity contribution in [1.82, 2.24) is 0 Å². The van der Waals surface area contributed by atoms with Gasteiger partial charge in [0.2, 0.25) is 0 Å². The highest BCUT2D eigenvalue weighted by Gasteiger charge is 2.12. The summed E-state index contributed by atoms with van der Waals surface area (Å²) in [5, 5.41) is 10.00. The number of ketones is 1. The van der Waals surface area contributed by atoms with Gasteiger partial charge in [-0.25, -0.2) is 0 Å². The third-order valence-corrected chi connectivity index (χ3v) is 3.24. The molecule has 0 heterocycles. The average molecular weight is 284 g/mol. The Morgan fingerprint density at radius 1 is 1.14 bits per heavy atom. The van der Waals surface area contributed by atoms with Crippen molar-refractivity contribution in [2.75, 3.05) is 6.61 Å². The number of carbonyl (C=O) groups excluding carboxylic acids is 1. The van der Waals surface area contributed by atoms with Gasteiger partial charge in [0, 0.05) is 12.5 Å². The normalized spacial score (nSPS) is 10.3. The monoisotopic (exact) mass is 284 g/mol. The molecule has 0 spiro atoms. The van der Waals surface area contributed by atoms with Gasteiger partial charge in [-0.1, -0.05) is 43.7 Å². The van der Waals surface area contributed by atoms with E-state index in [0.29, 0.717) is 17.9 Å². The molecule has 2 aromatic rings. The van der Waals surface area contributed by atoms with E-state index < -0.39 is 0 Å². The summed E-state index contributed by atoms with van der Waals surface area (Å²) >= 11 is 0. The summed E-state index contributed by atoms with van der Waals surface area (Å²) < 4.78 is 5.51. The van der Waals surface area contributed by atoms with E-state index in [-0.39, 0.29) is 18.0 Å². The minimum atomic E-state index is -0.0983. The number of benzene rings is 2. The number of carbonyl (C=O) groups is 1. The number of ether oxygens (including phenoxy) is 1. The fourth-order valence-corrected chi connectivity index (χ4v) is 2.05. The van der Waals surface area contributed by atoms with Crippen LogP contribution < -0.4 is 4.74 Å². The third-order valence-electron chi connectivity index (χ3n) is 3.24. The molecule has 0 fully saturated rings. The van der Waals surface area contributed by atoms with Gasteiger partial charge in [0.1, 0.15) is 11.5 Å². The molecule has 0 radical (unpaired) electrons. The van der Waals surface area contributed by atoms with E-state index in [1.54, 1.807) is 12.1 Å². The van der Waals surface area contributed by atoms with Crippen LogP contribution in [-0.2, 0) is 6.42 Å². The molecule has 0 atom stereocenters.